The van der Waals surface area contributed by atoms with Gasteiger partial charge in [-0.2, -0.15) is 11.8 Å². The minimum absolute atomic E-state index is 0.106. The molecule has 0 aromatic rings. The van der Waals surface area contributed by atoms with Crippen molar-refractivity contribution in [3.8, 4) is 0 Å². The summed E-state index contributed by atoms with van der Waals surface area (Å²) in [5.74, 6) is 0.274. The van der Waals surface area contributed by atoms with Crippen LogP contribution in [-0.4, -0.2) is 61.8 Å². The first-order valence-electron chi connectivity index (χ1n) is 8.55. The topological polar surface area (TPSA) is 87.7 Å². The van der Waals surface area contributed by atoms with Gasteiger partial charge in [-0.05, 0) is 6.26 Å². The molecule has 0 rings (SSSR count). The molecule has 2 amide bonds. The number of carbonyl (C=O) groups is 2. The van der Waals surface area contributed by atoms with Crippen LogP contribution in [0.4, 0.5) is 0 Å². The van der Waals surface area contributed by atoms with E-state index in [4.69, 9.17) is 4.74 Å². The normalized spacial score (nSPS) is 11.2. The molecule has 0 heterocycles. The largest absolute Gasteiger partial charge is 0.384 e. The molecule has 7 heteroatoms. The van der Waals surface area contributed by atoms with Gasteiger partial charge in [0.05, 0.1) is 6.61 Å². The van der Waals surface area contributed by atoms with Gasteiger partial charge in [-0.1, -0.05) is 41.5 Å². The number of carbonyl (C=O) groups excluding carboxylic acids is 2. The highest BCUT2D eigenvalue weighted by molar-refractivity contribution is 7.98. The van der Waals surface area contributed by atoms with Crippen LogP contribution in [0.5, 0.6) is 0 Å². The van der Waals surface area contributed by atoms with Crippen LogP contribution >= 0.6 is 11.8 Å². The molecule has 146 valence electrons. The van der Waals surface area contributed by atoms with Crippen LogP contribution in [0.1, 0.15) is 48.0 Å². The molecule has 0 aromatic heterocycles. The van der Waals surface area contributed by atoms with E-state index in [9.17, 15) is 14.7 Å². The highest BCUT2D eigenvalue weighted by Crippen LogP contribution is 2.20. The fraction of sp³-hybridized carbons (Fsp3) is 0.882. The summed E-state index contributed by atoms with van der Waals surface area (Å²) in [4.78, 5) is 23.2. The fourth-order valence-corrected chi connectivity index (χ4v) is 1.89. The van der Waals surface area contributed by atoms with Crippen LogP contribution < -0.4 is 10.6 Å². The van der Waals surface area contributed by atoms with Crippen LogP contribution in [0.3, 0.4) is 0 Å². The van der Waals surface area contributed by atoms with E-state index in [1.807, 2.05) is 34.0 Å². The molecular formula is C17H38N2O4S. The van der Waals surface area contributed by atoms with E-state index < -0.39 is 17.4 Å². The minimum atomic E-state index is -1.16. The van der Waals surface area contributed by atoms with Gasteiger partial charge in [-0.25, -0.2) is 0 Å². The molecule has 24 heavy (non-hydrogen) atoms. The van der Waals surface area contributed by atoms with Gasteiger partial charge in [0.15, 0.2) is 0 Å². The number of aliphatic hydroxyl groups excluding tert-OH is 1. The van der Waals surface area contributed by atoms with Crippen molar-refractivity contribution in [1.82, 2.24) is 10.6 Å². The van der Waals surface area contributed by atoms with Crippen molar-refractivity contribution >= 4 is 23.6 Å². The van der Waals surface area contributed by atoms with Gasteiger partial charge >= 0.3 is 0 Å². The van der Waals surface area contributed by atoms with E-state index in [0.717, 1.165) is 5.75 Å². The number of hydrogen-bond acceptors (Lipinski definition) is 5. The molecule has 0 aliphatic carbocycles. The Morgan fingerprint density at radius 3 is 2.12 bits per heavy atom. The second-order valence-electron chi connectivity index (χ2n) is 5.21. The summed E-state index contributed by atoms with van der Waals surface area (Å²) >= 11 is 1.65. The maximum Gasteiger partial charge on any atom is 0.249 e. The van der Waals surface area contributed by atoms with E-state index in [0.29, 0.717) is 6.54 Å². The number of thioether (sulfide) groups is 1. The molecule has 0 radical (unpaired) electrons. The van der Waals surface area contributed by atoms with Crippen LogP contribution in [0.25, 0.3) is 0 Å². The zero-order valence-electron chi connectivity index (χ0n) is 16.7. The van der Waals surface area contributed by atoms with Crippen molar-refractivity contribution in [2.24, 2.45) is 5.41 Å². The van der Waals surface area contributed by atoms with Crippen molar-refractivity contribution in [2.75, 3.05) is 38.8 Å². The van der Waals surface area contributed by atoms with Gasteiger partial charge in [0.2, 0.25) is 11.8 Å². The highest BCUT2D eigenvalue weighted by Gasteiger charge is 2.33. The summed E-state index contributed by atoms with van der Waals surface area (Å²) in [7, 11) is 1.52. The highest BCUT2D eigenvalue weighted by atomic mass is 32.2. The lowest BCUT2D eigenvalue weighted by atomic mass is 9.87. The summed E-state index contributed by atoms with van der Waals surface area (Å²) < 4.78 is 4.97. The minimum Gasteiger partial charge on any atom is -0.384 e. The van der Waals surface area contributed by atoms with Crippen molar-refractivity contribution < 1.29 is 19.4 Å². The molecule has 0 aromatic carbocycles. The van der Waals surface area contributed by atoms with E-state index in [-0.39, 0.29) is 25.5 Å². The molecule has 0 aliphatic rings. The molecule has 0 aliphatic heterocycles. The first kappa shape index (κ1) is 28.0. The predicted octanol–water partition coefficient (Wildman–Crippen LogP) is 2.06. The van der Waals surface area contributed by atoms with Crippen LogP contribution in [0.2, 0.25) is 0 Å². The van der Waals surface area contributed by atoms with E-state index in [2.05, 4.69) is 10.6 Å². The van der Waals surface area contributed by atoms with E-state index in [1.54, 1.807) is 25.6 Å². The lowest BCUT2D eigenvalue weighted by Crippen LogP contribution is -2.46. The third-order valence-electron chi connectivity index (χ3n) is 2.78. The van der Waals surface area contributed by atoms with Gasteiger partial charge in [0.1, 0.15) is 6.10 Å². The Morgan fingerprint density at radius 1 is 1.12 bits per heavy atom. The number of amides is 2. The molecule has 6 nitrogen and oxygen atoms in total. The standard InChI is InChI=1S/C13H26N2O4S.2C2H6/c1-13(2,9-19-3)11(17)12(18)15-6-5-10(16)14-7-8-20-4;2*1-2/h11,17H,5-9H2,1-4H3,(H,14,16)(H,15,18);2*1-2H3. The second kappa shape index (κ2) is 18.5. The van der Waals surface area contributed by atoms with Crippen LogP contribution in [-0.2, 0) is 14.3 Å². The Kier molecular flexibility index (Phi) is 21.7. The summed E-state index contributed by atoms with van der Waals surface area (Å²) in [5.41, 5.74) is -0.667. The summed E-state index contributed by atoms with van der Waals surface area (Å²) in [6.45, 7) is 12.6. The molecule has 0 bridgehead atoms. The van der Waals surface area contributed by atoms with Gasteiger partial charge in [-0.3, -0.25) is 9.59 Å². The average Bonchev–Trinajstić information content (AvgIpc) is 2.58. The van der Waals surface area contributed by atoms with Crippen molar-refractivity contribution in [3.63, 3.8) is 0 Å². The Morgan fingerprint density at radius 2 is 1.67 bits per heavy atom. The zero-order chi connectivity index (χ0) is 19.6. The van der Waals surface area contributed by atoms with Gasteiger partial charge < -0.3 is 20.5 Å². The van der Waals surface area contributed by atoms with Crippen molar-refractivity contribution in [3.05, 3.63) is 0 Å². The molecule has 0 saturated carbocycles. The number of hydrogen-bond donors (Lipinski definition) is 3. The third-order valence-corrected chi connectivity index (χ3v) is 3.40. The summed E-state index contributed by atoms with van der Waals surface area (Å²) in [5, 5.41) is 15.2. The zero-order valence-corrected chi connectivity index (χ0v) is 17.5. The number of nitrogens with one attached hydrogen (secondary N) is 2. The fourth-order valence-electron chi connectivity index (χ4n) is 1.58. The maximum absolute atomic E-state index is 11.8. The van der Waals surface area contributed by atoms with E-state index >= 15 is 0 Å². The first-order valence-corrected chi connectivity index (χ1v) is 9.95. The Bertz CT molecular complexity index is 313. The quantitative estimate of drug-likeness (QED) is 0.515. The Balaban J connectivity index is -0.00000102. The molecule has 1 unspecified atom stereocenters. The number of methoxy groups -OCH3 is 1. The van der Waals surface area contributed by atoms with Crippen molar-refractivity contribution in [2.45, 2.75) is 54.1 Å². The van der Waals surface area contributed by atoms with Crippen LogP contribution in [0.15, 0.2) is 0 Å². The molecule has 0 saturated heterocycles. The maximum atomic E-state index is 11.8. The van der Waals surface area contributed by atoms with E-state index in [1.165, 1.54) is 7.11 Å². The van der Waals surface area contributed by atoms with Gasteiger partial charge in [0, 0.05) is 37.8 Å². The predicted molar refractivity (Wildman–Crippen MR) is 103 cm³/mol. The number of aliphatic hydroxyl groups is 1. The van der Waals surface area contributed by atoms with Gasteiger partial charge in [0.25, 0.3) is 0 Å². The SMILES string of the molecule is CC.CC.COCC(C)(C)C(O)C(=O)NCCC(=O)NCCSC. The molecule has 0 fully saturated rings. The monoisotopic (exact) mass is 366 g/mol. The second-order valence-corrected chi connectivity index (χ2v) is 6.19. The number of rotatable bonds is 10. The smallest absolute Gasteiger partial charge is 0.249 e. The first-order chi connectivity index (χ1) is 11.3. The lowest BCUT2D eigenvalue weighted by Gasteiger charge is -2.28. The van der Waals surface area contributed by atoms with Crippen molar-refractivity contribution in [1.29, 1.82) is 0 Å². The molecular weight excluding hydrogens is 328 g/mol. The van der Waals surface area contributed by atoms with Crippen LogP contribution in [0, 0.1) is 5.41 Å². The molecule has 3 N–H and O–H groups in total. The summed E-state index contributed by atoms with van der Waals surface area (Å²) in [6, 6.07) is 0. The third kappa shape index (κ3) is 14.8. The Hall–Kier alpha value is -0.790. The van der Waals surface area contributed by atoms with Gasteiger partial charge in [-0.15, -0.1) is 0 Å². The summed E-state index contributed by atoms with van der Waals surface area (Å²) in [6.07, 6.45) is 1.01. The lowest BCUT2D eigenvalue weighted by molar-refractivity contribution is -0.137. The number of ether oxygens (including phenoxy) is 1. The molecule has 0 spiro atoms. The molecule has 1 atom stereocenters. The Labute approximate surface area is 152 Å². The average molecular weight is 367 g/mol.